The smallest absolute Gasteiger partial charge is 0.251 e. The Labute approximate surface area is 96.4 Å². The van der Waals surface area contributed by atoms with Crippen LogP contribution in [0.1, 0.15) is 11.6 Å². The summed E-state index contributed by atoms with van der Waals surface area (Å²) >= 11 is 0. The van der Waals surface area contributed by atoms with Crippen molar-refractivity contribution in [3.8, 4) is 0 Å². The molecule has 1 unspecified atom stereocenters. The Morgan fingerprint density at radius 1 is 1.12 bits per heavy atom. The Hall–Kier alpha value is -2.30. The van der Waals surface area contributed by atoms with Gasteiger partial charge in [-0.15, -0.1) is 0 Å². The van der Waals surface area contributed by atoms with Gasteiger partial charge in [0.2, 0.25) is 0 Å². The van der Waals surface area contributed by atoms with Gasteiger partial charge in [0.1, 0.15) is 30.1 Å². The van der Waals surface area contributed by atoms with Crippen LogP contribution in [0.5, 0.6) is 0 Å². The van der Waals surface area contributed by atoms with Gasteiger partial charge < -0.3 is 15.1 Å². The summed E-state index contributed by atoms with van der Waals surface area (Å²) in [4.78, 5) is 11.8. The maximum Gasteiger partial charge on any atom is 0.251 e. The zero-order valence-corrected chi connectivity index (χ0v) is 8.74. The Kier molecular flexibility index (Phi) is 2.11. The molecular formula is C12H9FN2O2. The van der Waals surface area contributed by atoms with E-state index in [0.29, 0.717) is 11.3 Å². The van der Waals surface area contributed by atoms with Crippen LogP contribution in [0.4, 0.5) is 15.8 Å². The standard InChI is InChI=1S/C12H9FN2O2/c13-8-3-1-7(2-4-8)11-12(16)15-10-6-17-5-9(10)14-11/h1-6,11,14H,(H,15,16). The molecule has 0 spiro atoms. The first-order valence-corrected chi connectivity index (χ1v) is 5.13. The van der Waals surface area contributed by atoms with E-state index in [0.717, 1.165) is 5.69 Å². The fourth-order valence-corrected chi connectivity index (χ4v) is 1.82. The topological polar surface area (TPSA) is 54.3 Å². The molecule has 1 atom stereocenters. The maximum atomic E-state index is 12.8. The van der Waals surface area contributed by atoms with Crippen LogP contribution in [0, 0.1) is 5.82 Å². The maximum absolute atomic E-state index is 12.8. The van der Waals surface area contributed by atoms with Crippen LogP contribution in [-0.2, 0) is 4.79 Å². The number of fused-ring (bicyclic) bond motifs is 1. The molecule has 2 N–H and O–H groups in total. The fourth-order valence-electron chi connectivity index (χ4n) is 1.82. The number of hydrogen-bond acceptors (Lipinski definition) is 3. The highest BCUT2D eigenvalue weighted by molar-refractivity contribution is 6.03. The highest BCUT2D eigenvalue weighted by Gasteiger charge is 2.27. The molecule has 2 heterocycles. The second-order valence-electron chi connectivity index (χ2n) is 3.82. The van der Waals surface area contributed by atoms with Gasteiger partial charge >= 0.3 is 0 Å². The average molecular weight is 232 g/mol. The second-order valence-corrected chi connectivity index (χ2v) is 3.82. The Morgan fingerprint density at radius 2 is 1.82 bits per heavy atom. The first kappa shape index (κ1) is 9.89. The van der Waals surface area contributed by atoms with E-state index in [4.69, 9.17) is 4.42 Å². The average Bonchev–Trinajstić information content (AvgIpc) is 2.76. The molecule has 1 amide bonds. The Balaban J connectivity index is 1.95. The summed E-state index contributed by atoms with van der Waals surface area (Å²) in [6.45, 7) is 0. The second kappa shape index (κ2) is 3.62. The SMILES string of the molecule is O=C1Nc2cocc2NC1c1ccc(F)cc1. The van der Waals surface area contributed by atoms with E-state index in [2.05, 4.69) is 10.6 Å². The van der Waals surface area contributed by atoms with E-state index in [-0.39, 0.29) is 11.7 Å². The van der Waals surface area contributed by atoms with Gasteiger partial charge in [0.25, 0.3) is 5.91 Å². The van der Waals surface area contributed by atoms with Gasteiger partial charge in [-0.2, -0.15) is 0 Å². The molecule has 0 saturated heterocycles. The lowest BCUT2D eigenvalue weighted by molar-refractivity contribution is -0.117. The number of carbonyl (C=O) groups excluding carboxylic acids is 1. The van der Waals surface area contributed by atoms with Crippen molar-refractivity contribution < 1.29 is 13.6 Å². The van der Waals surface area contributed by atoms with Crippen LogP contribution >= 0.6 is 0 Å². The van der Waals surface area contributed by atoms with Crippen molar-refractivity contribution in [3.63, 3.8) is 0 Å². The molecule has 0 fully saturated rings. The molecular weight excluding hydrogens is 223 g/mol. The van der Waals surface area contributed by atoms with Gasteiger partial charge in [-0.3, -0.25) is 4.79 Å². The molecule has 86 valence electrons. The largest absolute Gasteiger partial charge is 0.468 e. The van der Waals surface area contributed by atoms with Crippen molar-refractivity contribution in [2.75, 3.05) is 10.6 Å². The highest BCUT2D eigenvalue weighted by Crippen LogP contribution is 2.32. The molecule has 4 nitrogen and oxygen atoms in total. The van der Waals surface area contributed by atoms with E-state index in [1.165, 1.54) is 24.7 Å². The molecule has 1 aromatic heterocycles. The molecule has 1 aliphatic rings. The van der Waals surface area contributed by atoms with Gasteiger partial charge in [0, 0.05) is 0 Å². The van der Waals surface area contributed by atoms with Crippen molar-refractivity contribution in [1.82, 2.24) is 0 Å². The van der Waals surface area contributed by atoms with Gasteiger partial charge in [-0.1, -0.05) is 12.1 Å². The van der Waals surface area contributed by atoms with E-state index in [9.17, 15) is 9.18 Å². The number of carbonyl (C=O) groups is 1. The van der Waals surface area contributed by atoms with Crippen LogP contribution in [0.25, 0.3) is 0 Å². The number of nitrogens with one attached hydrogen (secondary N) is 2. The summed E-state index contributed by atoms with van der Waals surface area (Å²) in [6.07, 6.45) is 2.98. The predicted molar refractivity (Wildman–Crippen MR) is 60.1 cm³/mol. The zero-order valence-electron chi connectivity index (χ0n) is 8.74. The van der Waals surface area contributed by atoms with E-state index in [1.54, 1.807) is 12.1 Å². The quantitative estimate of drug-likeness (QED) is 0.794. The molecule has 5 heteroatoms. The van der Waals surface area contributed by atoms with Crippen molar-refractivity contribution in [2.24, 2.45) is 0 Å². The van der Waals surface area contributed by atoms with Gasteiger partial charge in [-0.05, 0) is 17.7 Å². The lowest BCUT2D eigenvalue weighted by Gasteiger charge is -2.24. The van der Waals surface area contributed by atoms with Gasteiger partial charge in [0.05, 0.1) is 5.69 Å². The summed E-state index contributed by atoms with van der Waals surface area (Å²) < 4.78 is 17.8. The zero-order chi connectivity index (χ0) is 11.8. The van der Waals surface area contributed by atoms with Crippen LogP contribution in [0.2, 0.25) is 0 Å². The summed E-state index contributed by atoms with van der Waals surface area (Å²) in [5, 5.41) is 5.75. The number of halogens is 1. The highest BCUT2D eigenvalue weighted by atomic mass is 19.1. The van der Waals surface area contributed by atoms with E-state index >= 15 is 0 Å². The molecule has 3 rings (SSSR count). The minimum Gasteiger partial charge on any atom is -0.468 e. The normalized spacial score (nSPS) is 18.2. The third-order valence-electron chi connectivity index (χ3n) is 2.69. The number of furan rings is 1. The lowest BCUT2D eigenvalue weighted by atomic mass is 10.0. The van der Waals surface area contributed by atoms with Gasteiger partial charge in [0.15, 0.2) is 0 Å². The van der Waals surface area contributed by atoms with Crippen molar-refractivity contribution in [2.45, 2.75) is 6.04 Å². The lowest BCUT2D eigenvalue weighted by Crippen LogP contribution is -2.31. The number of amides is 1. The van der Waals surface area contributed by atoms with Crippen LogP contribution in [-0.4, -0.2) is 5.91 Å². The molecule has 1 aromatic carbocycles. The first-order chi connectivity index (χ1) is 8.24. The fraction of sp³-hybridized carbons (Fsp3) is 0.0833. The van der Waals surface area contributed by atoms with Crippen LogP contribution < -0.4 is 10.6 Å². The van der Waals surface area contributed by atoms with Crippen molar-refractivity contribution >= 4 is 17.3 Å². The van der Waals surface area contributed by atoms with Gasteiger partial charge in [-0.25, -0.2) is 4.39 Å². The monoisotopic (exact) mass is 232 g/mol. The molecule has 0 aliphatic carbocycles. The third kappa shape index (κ3) is 1.65. The Morgan fingerprint density at radius 3 is 2.59 bits per heavy atom. The minimum atomic E-state index is -0.527. The number of hydrogen-bond donors (Lipinski definition) is 2. The van der Waals surface area contributed by atoms with Crippen LogP contribution in [0.15, 0.2) is 41.2 Å². The first-order valence-electron chi connectivity index (χ1n) is 5.13. The third-order valence-corrected chi connectivity index (χ3v) is 2.69. The number of rotatable bonds is 1. The molecule has 17 heavy (non-hydrogen) atoms. The summed E-state index contributed by atoms with van der Waals surface area (Å²) in [5.74, 6) is -0.514. The Bertz CT molecular complexity index is 562. The molecule has 2 aromatic rings. The summed E-state index contributed by atoms with van der Waals surface area (Å²) in [5.41, 5.74) is 2.04. The minimum absolute atomic E-state index is 0.189. The van der Waals surface area contributed by atoms with Crippen LogP contribution in [0.3, 0.4) is 0 Å². The summed E-state index contributed by atoms with van der Waals surface area (Å²) in [6, 6.07) is 5.29. The molecule has 1 aliphatic heterocycles. The molecule has 0 radical (unpaired) electrons. The van der Waals surface area contributed by atoms with Crippen molar-refractivity contribution in [1.29, 1.82) is 0 Å². The summed E-state index contributed by atoms with van der Waals surface area (Å²) in [7, 11) is 0. The predicted octanol–water partition coefficient (Wildman–Crippen LogP) is 2.52. The van der Waals surface area contributed by atoms with Crippen molar-refractivity contribution in [3.05, 3.63) is 48.2 Å². The van der Waals surface area contributed by atoms with E-state index in [1.807, 2.05) is 0 Å². The van der Waals surface area contributed by atoms with E-state index < -0.39 is 6.04 Å². The number of anilines is 2. The molecule has 0 bridgehead atoms. The molecule has 0 saturated carbocycles. The number of benzene rings is 1.